The Labute approximate surface area is 97.1 Å². The van der Waals surface area contributed by atoms with Gasteiger partial charge in [0, 0.05) is 14.2 Å². The quantitative estimate of drug-likeness (QED) is 0.778. The predicted molar refractivity (Wildman–Crippen MR) is 66.5 cm³/mol. The van der Waals surface area contributed by atoms with E-state index in [0.29, 0.717) is 5.75 Å². The number of rotatable bonds is 3. The summed E-state index contributed by atoms with van der Waals surface area (Å²) in [5.41, 5.74) is 1.08. The van der Waals surface area contributed by atoms with Crippen LogP contribution in [0.25, 0.3) is 0 Å². The van der Waals surface area contributed by atoms with Crippen molar-refractivity contribution in [1.82, 2.24) is 6.15 Å². The highest BCUT2D eigenvalue weighted by atomic mass is 16.5. The van der Waals surface area contributed by atoms with Gasteiger partial charge in [0.1, 0.15) is 0 Å². The van der Waals surface area contributed by atoms with Gasteiger partial charge in [-0.1, -0.05) is 12.1 Å². The second kappa shape index (κ2) is 10.0. The summed E-state index contributed by atoms with van der Waals surface area (Å²) in [6, 6.07) is 5.27. The molecule has 0 atom stereocenters. The SMILES string of the molecule is C=CCc1ccc(O)c(OC)c1.COC.N. The Kier molecular flexibility index (Phi) is 10.6. The van der Waals surface area contributed by atoms with Crippen molar-refractivity contribution in [2.45, 2.75) is 6.42 Å². The van der Waals surface area contributed by atoms with Crippen molar-refractivity contribution in [3.05, 3.63) is 36.4 Å². The van der Waals surface area contributed by atoms with Crippen LogP contribution in [0.15, 0.2) is 30.9 Å². The Morgan fingerprint density at radius 2 is 1.88 bits per heavy atom. The van der Waals surface area contributed by atoms with Crippen LogP contribution in [0.1, 0.15) is 5.56 Å². The fraction of sp³-hybridized carbons (Fsp3) is 0.333. The standard InChI is InChI=1S/C10H12O2.C2H6O.H3N/c1-3-4-8-5-6-9(11)10(7-8)12-2;1-3-2;/h3,5-7,11H,1,4H2,2H3;1-2H3;1H3. The summed E-state index contributed by atoms with van der Waals surface area (Å²) in [4.78, 5) is 0. The molecule has 0 spiro atoms. The van der Waals surface area contributed by atoms with Crippen LogP contribution >= 0.6 is 0 Å². The maximum Gasteiger partial charge on any atom is 0.160 e. The lowest BCUT2D eigenvalue weighted by molar-refractivity contribution is 0.277. The minimum Gasteiger partial charge on any atom is -0.504 e. The highest BCUT2D eigenvalue weighted by Crippen LogP contribution is 2.26. The highest BCUT2D eigenvalue weighted by Gasteiger charge is 2.00. The van der Waals surface area contributed by atoms with Gasteiger partial charge in [0.15, 0.2) is 11.5 Å². The third-order valence-corrected chi connectivity index (χ3v) is 1.62. The molecule has 1 aromatic rings. The van der Waals surface area contributed by atoms with Crippen molar-refractivity contribution in [3.8, 4) is 11.5 Å². The third-order valence-electron chi connectivity index (χ3n) is 1.62. The number of benzene rings is 1. The van der Waals surface area contributed by atoms with Gasteiger partial charge in [-0.25, -0.2) is 0 Å². The number of ether oxygens (including phenoxy) is 2. The summed E-state index contributed by atoms with van der Waals surface area (Å²) < 4.78 is 9.20. The molecule has 0 aliphatic heterocycles. The number of methoxy groups -OCH3 is 2. The van der Waals surface area contributed by atoms with Crippen LogP contribution in [0.3, 0.4) is 0 Å². The van der Waals surface area contributed by atoms with Crippen LogP contribution < -0.4 is 10.9 Å². The average Bonchev–Trinajstić information content (AvgIpc) is 2.22. The lowest BCUT2D eigenvalue weighted by Gasteiger charge is -2.04. The Hall–Kier alpha value is -1.52. The Balaban J connectivity index is 0. The molecule has 0 aromatic heterocycles. The number of allylic oxidation sites excluding steroid dienone is 1. The lowest BCUT2D eigenvalue weighted by atomic mass is 10.1. The van der Waals surface area contributed by atoms with E-state index >= 15 is 0 Å². The molecule has 4 heteroatoms. The largest absolute Gasteiger partial charge is 0.504 e. The number of phenolic OH excluding ortho intramolecular Hbond substituents is 1. The van der Waals surface area contributed by atoms with Gasteiger partial charge >= 0.3 is 0 Å². The Morgan fingerprint density at radius 3 is 2.31 bits per heavy atom. The van der Waals surface area contributed by atoms with Crippen LogP contribution in [-0.2, 0) is 11.2 Å². The first-order valence-corrected chi connectivity index (χ1v) is 4.56. The van der Waals surface area contributed by atoms with Crippen molar-refractivity contribution in [2.24, 2.45) is 0 Å². The van der Waals surface area contributed by atoms with Crippen LogP contribution in [0.5, 0.6) is 11.5 Å². The zero-order valence-corrected chi connectivity index (χ0v) is 10.2. The number of aromatic hydroxyl groups is 1. The van der Waals surface area contributed by atoms with Crippen molar-refractivity contribution in [1.29, 1.82) is 0 Å². The van der Waals surface area contributed by atoms with Crippen LogP contribution in [0, 0.1) is 0 Å². The molecule has 0 aliphatic carbocycles. The molecule has 0 fully saturated rings. The third kappa shape index (κ3) is 6.06. The van der Waals surface area contributed by atoms with Crippen molar-refractivity contribution in [3.63, 3.8) is 0 Å². The topological polar surface area (TPSA) is 73.7 Å². The van der Waals surface area contributed by atoms with Gasteiger partial charge in [-0.2, -0.15) is 0 Å². The number of hydrogen-bond acceptors (Lipinski definition) is 4. The van der Waals surface area contributed by atoms with Gasteiger partial charge in [-0.15, -0.1) is 6.58 Å². The molecule has 16 heavy (non-hydrogen) atoms. The molecule has 0 amide bonds. The van der Waals surface area contributed by atoms with E-state index in [2.05, 4.69) is 11.3 Å². The summed E-state index contributed by atoms with van der Waals surface area (Å²) in [6.45, 7) is 3.63. The minimum atomic E-state index is 0. The van der Waals surface area contributed by atoms with Crippen LogP contribution in [0.4, 0.5) is 0 Å². The molecule has 1 aromatic carbocycles. The summed E-state index contributed by atoms with van der Waals surface area (Å²) in [5.74, 6) is 0.680. The smallest absolute Gasteiger partial charge is 0.160 e. The van der Waals surface area contributed by atoms with Crippen molar-refractivity contribution >= 4 is 0 Å². The van der Waals surface area contributed by atoms with Gasteiger partial charge in [0.2, 0.25) is 0 Å². The minimum absolute atomic E-state index is 0. The molecule has 0 saturated heterocycles. The van der Waals surface area contributed by atoms with E-state index < -0.39 is 0 Å². The van der Waals surface area contributed by atoms with Gasteiger partial charge in [-0.3, -0.25) is 0 Å². The molecular weight excluding hydrogens is 206 g/mol. The molecular formula is C12H21NO3. The van der Waals surface area contributed by atoms with E-state index in [1.165, 1.54) is 7.11 Å². The summed E-state index contributed by atoms with van der Waals surface area (Å²) >= 11 is 0. The Morgan fingerprint density at radius 1 is 1.31 bits per heavy atom. The highest BCUT2D eigenvalue weighted by molar-refractivity contribution is 5.42. The molecule has 4 N–H and O–H groups in total. The first-order valence-electron chi connectivity index (χ1n) is 4.56. The van der Waals surface area contributed by atoms with E-state index in [1.807, 2.05) is 12.1 Å². The van der Waals surface area contributed by atoms with E-state index in [4.69, 9.17) is 4.74 Å². The van der Waals surface area contributed by atoms with Crippen molar-refractivity contribution < 1.29 is 14.6 Å². The molecule has 0 radical (unpaired) electrons. The molecule has 92 valence electrons. The van der Waals surface area contributed by atoms with Gasteiger partial charge in [0.05, 0.1) is 7.11 Å². The van der Waals surface area contributed by atoms with Crippen molar-refractivity contribution in [2.75, 3.05) is 21.3 Å². The summed E-state index contributed by atoms with van der Waals surface area (Å²) in [5, 5.41) is 9.25. The second-order valence-electron chi connectivity index (χ2n) is 2.91. The van der Waals surface area contributed by atoms with Crippen LogP contribution in [0.2, 0.25) is 0 Å². The maximum atomic E-state index is 9.25. The fourth-order valence-electron chi connectivity index (χ4n) is 1.02. The van der Waals surface area contributed by atoms with Crippen LogP contribution in [-0.4, -0.2) is 26.4 Å². The van der Waals surface area contributed by atoms with Gasteiger partial charge in [0.25, 0.3) is 0 Å². The molecule has 0 saturated carbocycles. The monoisotopic (exact) mass is 227 g/mol. The van der Waals surface area contributed by atoms with E-state index in [0.717, 1.165) is 12.0 Å². The first kappa shape index (κ1) is 16.9. The van der Waals surface area contributed by atoms with E-state index in [-0.39, 0.29) is 11.9 Å². The van der Waals surface area contributed by atoms with Gasteiger partial charge < -0.3 is 20.7 Å². The van der Waals surface area contributed by atoms with E-state index in [9.17, 15) is 5.11 Å². The average molecular weight is 227 g/mol. The first-order chi connectivity index (χ1) is 7.19. The number of phenols is 1. The molecule has 4 nitrogen and oxygen atoms in total. The molecule has 0 unspecified atom stereocenters. The summed E-state index contributed by atoms with van der Waals surface area (Å²) in [7, 11) is 4.78. The zero-order valence-electron chi connectivity index (χ0n) is 10.2. The molecule has 0 aliphatic rings. The number of hydrogen-bond donors (Lipinski definition) is 2. The molecule has 0 heterocycles. The molecule has 0 bridgehead atoms. The zero-order chi connectivity index (χ0) is 11.7. The molecule has 1 rings (SSSR count). The predicted octanol–water partition coefficient (Wildman–Crippen LogP) is 2.55. The van der Waals surface area contributed by atoms with Gasteiger partial charge in [-0.05, 0) is 24.1 Å². The second-order valence-corrected chi connectivity index (χ2v) is 2.91. The Bertz CT molecular complexity index is 300. The maximum absolute atomic E-state index is 9.25. The summed E-state index contributed by atoms with van der Waals surface area (Å²) in [6.07, 6.45) is 2.60. The normalized spacial score (nSPS) is 8.19. The fourth-order valence-corrected chi connectivity index (χ4v) is 1.02. The van der Waals surface area contributed by atoms with E-state index in [1.54, 1.807) is 26.4 Å². The lowest BCUT2D eigenvalue weighted by Crippen LogP contribution is -1.86.